The van der Waals surface area contributed by atoms with E-state index in [0.717, 1.165) is 22.8 Å². The number of ether oxygens (including phenoxy) is 2. The summed E-state index contributed by atoms with van der Waals surface area (Å²) in [5, 5.41) is 5.81. The Morgan fingerprint density at radius 2 is 2.00 bits per heavy atom. The third kappa shape index (κ3) is 4.23. The minimum atomic E-state index is -3.63. The van der Waals surface area contributed by atoms with Gasteiger partial charge in [0.25, 0.3) is 0 Å². The molecule has 2 heterocycles. The number of esters is 1. The van der Waals surface area contributed by atoms with Gasteiger partial charge in [-0.2, -0.15) is 0 Å². The van der Waals surface area contributed by atoms with E-state index >= 15 is 0 Å². The number of sulfonamides is 1. The molecule has 7 nitrogen and oxygen atoms in total. The summed E-state index contributed by atoms with van der Waals surface area (Å²) in [6.07, 6.45) is 2.00. The van der Waals surface area contributed by atoms with Gasteiger partial charge in [-0.1, -0.05) is 13.0 Å². The normalized spacial score (nSPS) is 13.0. The molecule has 3 aromatic rings. The molecular formula is C19H22N2O5S. The predicted octanol–water partition coefficient (Wildman–Crippen LogP) is 2.72. The van der Waals surface area contributed by atoms with Crippen LogP contribution in [0.25, 0.3) is 16.4 Å². The number of nitrogens with two attached hydrogens (primary N) is 1. The quantitative estimate of drug-likeness (QED) is 0.625. The largest absolute Gasteiger partial charge is 0.490 e. The molecule has 3 rings (SSSR count). The Kier molecular flexibility index (Phi) is 5.38. The van der Waals surface area contributed by atoms with Gasteiger partial charge in [-0.25, -0.2) is 18.4 Å². The molecule has 0 aliphatic heterocycles. The molecule has 144 valence electrons. The van der Waals surface area contributed by atoms with Crippen LogP contribution in [0.4, 0.5) is 0 Å². The zero-order valence-corrected chi connectivity index (χ0v) is 16.0. The summed E-state index contributed by atoms with van der Waals surface area (Å²) in [5.41, 5.74) is 2.01. The molecule has 0 aliphatic rings. The van der Waals surface area contributed by atoms with Gasteiger partial charge in [0, 0.05) is 17.6 Å². The zero-order chi connectivity index (χ0) is 19.6. The number of hydrogen-bond acceptors (Lipinski definition) is 5. The Morgan fingerprint density at radius 3 is 2.70 bits per heavy atom. The molecule has 0 fully saturated rings. The van der Waals surface area contributed by atoms with Crippen LogP contribution in [-0.4, -0.2) is 37.3 Å². The Labute approximate surface area is 157 Å². The Bertz CT molecular complexity index is 1090. The van der Waals surface area contributed by atoms with Crippen molar-refractivity contribution in [2.75, 3.05) is 12.4 Å². The minimum Gasteiger partial charge on any atom is -0.490 e. The molecule has 0 radical (unpaired) electrons. The number of fused-ring (bicyclic) bond motifs is 3. The average molecular weight is 390 g/mol. The lowest BCUT2D eigenvalue weighted by molar-refractivity contribution is 0.0509. The van der Waals surface area contributed by atoms with E-state index in [0.29, 0.717) is 17.9 Å². The lowest BCUT2D eigenvalue weighted by atomic mass is 10.1. The van der Waals surface area contributed by atoms with Gasteiger partial charge in [0.05, 0.1) is 23.2 Å². The average Bonchev–Trinajstić information content (AvgIpc) is 2.92. The Balaban J connectivity index is 2.04. The third-order valence-corrected chi connectivity index (χ3v) is 4.99. The van der Waals surface area contributed by atoms with Crippen molar-refractivity contribution in [3.05, 3.63) is 48.2 Å². The molecule has 0 saturated carbocycles. The highest BCUT2D eigenvalue weighted by Gasteiger charge is 2.20. The van der Waals surface area contributed by atoms with E-state index in [2.05, 4.69) is 0 Å². The Morgan fingerprint density at radius 1 is 1.22 bits per heavy atom. The summed E-state index contributed by atoms with van der Waals surface area (Å²) in [7, 11) is -3.63. The highest BCUT2D eigenvalue weighted by molar-refractivity contribution is 7.89. The maximum absolute atomic E-state index is 12.6. The first kappa shape index (κ1) is 19.2. The van der Waals surface area contributed by atoms with Crippen LogP contribution in [0.5, 0.6) is 5.75 Å². The van der Waals surface area contributed by atoms with Crippen molar-refractivity contribution in [3.8, 4) is 5.75 Å². The number of aromatic nitrogens is 1. The van der Waals surface area contributed by atoms with Crippen LogP contribution in [0.3, 0.4) is 0 Å². The number of primary sulfonamides is 1. The monoisotopic (exact) mass is 390 g/mol. The molecule has 2 N–H and O–H groups in total. The number of pyridine rings is 1. The van der Waals surface area contributed by atoms with Gasteiger partial charge in [-0.15, -0.1) is 0 Å². The lowest BCUT2D eigenvalue weighted by Crippen LogP contribution is -2.28. The van der Waals surface area contributed by atoms with Crippen molar-refractivity contribution in [3.63, 3.8) is 0 Å². The van der Waals surface area contributed by atoms with E-state index in [1.54, 1.807) is 25.1 Å². The molecule has 0 amide bonds. The van der Waals surface area contributed by atoms with Gasteiger partial charge in [-0.05, 0) is 37.6 Å². The smallest absolute Gasteiger partial charge is 0.340 e. The molecule has 0 saturated heterocycles. The summed E-state index contributed by atoms with van der Waals surface area (Å²) in [4.78, 5) is 12.6. The summed E-state index contributed by atoms with van der Waals surface area (Å²) in [6.45, 7) is 3.94. The first-order chi connectivity index (χ1) is 12.8. The van der Waals surface area contributed by atoms with Crippen molar-refractivity contribution in [2.45, 2.75) is 26.4 Å². The molecule has 8 heteroatoms. The maximum Gasteiger partial charge on any atom is 0.340 e. The number of carbonyl (C=O) groups excluding carboxylic acids is 1. The van der Waals surface area contributed by atoms with E-state index in [4.69, 9.17) is 14.6 Å². The molecule has 1 unspecified atom stereocenters. The fraction of sp³-hybridized carbons (Fsp3) is 0.316. The van der Waals surface area contributed by atoms with Gasteiger partial charge < -0.3 is 13.9 Å². The van der Waals surface area contributed by atoms with Crippen LogP contribution in [0, 0.1) is 0 Å². The van der Waals surface area contributed by atoms with Crippen LogP contribution in [-0.2, 0) is 14.8 Å². The standard InChI is InChI=1S/C19H22N2O5S/c1-3-10-25-19(22)18-15-8-7-14(26-13(2)12-27(20,23)24)11-17(15)21-9-5-4-6-16(18)21/h4-9,11,13H,3,10,12H2,1-2H3,(H2,20,23,24). The van der Waals surface area contributed by atoms with Crippen molar-refractivity contribution in [2.24, 2.45) is 5.14 Å². The fourth-order valence-electron chi connectivity index (χ4n) is 3.07. The second-order valence-electron chi connectivity index (χ2n) is 6.40. The van der Waals surface area contributed by atoms with Crippen LogP contribution >= 0.6 is 0 Å². The van der Waals surface area contributed by atoms with E-state index < -0.39 is 16.1 Å². The van der Waals surface area contributed by atoms with Crippen LogP contribution in [0.2, 0.25) is 0 Å². The van der Waals surface area contributed by atoms with Crippen LogP contribution in [0.15, 0.2) is 42.6 Å². The van der Waals surface area contributed by atoms with E-state index in [-0.39, 0.29) is 11.7 Å². The molecule has 2 aromatic heterocycles. The highest BCUT2D eigenvalue weighted by atomic mass is 32.2. The van der Waals surface area contributed by atoms with Crippen LogP contribution in [0.1, 0.15) is 30.6 Å². The first-order valence-electron chi connectivity index (χ1n) is 8.67. The lowest BCUT2D eigenvalue weighted by Gasteiger charge is -2.13. The topological polar surface area (TPSA) is 100 Å². The molecule has 0 spiro atoms. The predicted molar refractivity (Wildman–Crippen MR) is 104 cm³/mol. The number of carbonyl (C=O) groups is 1. The number of benzene rings is 1. The number of rotatable bonds is 7. The minimum absolute atomic E-state index is 0.283. The molecule has 1 atom stereocenters. The van der Waals surface area contributed by atoms with Crippen molar-refractivity contribution < 1.29 is 22.7 Å². The summed E-state index contributed by atoms with van der Waals surface area (Å²) >= 11 is 0. The van der Waals surface area contributed by atoms with Crippen molar-refractivity contribution in [1.29, 1.82) is 0 Å². The van der Waals surface area contributed by atoms with E-state index in [1.165, 1.54) is 0 Å². The second kappa shape index (κ2) is 7.58. The van der Waals surface area contributed by atoms with Gasteiger partial charge in [0.1, 0.15) is 17.6 Å². The SMILES string of the molecule is CCCOC(=O)c1c2ccc(OC(C)CS(N)(=O)=O)cc2n2ccccc12. The Hall–Kier alpha value is -2.58. The maximum atomic E-state index is 12.6. The fourth-order valence-corrected chi connectivity index (χ4v) is 3.79. The summed E-state index contributed by atoms with van der Waals surface area (Å²) in [5.74, 6) is -0.156. The van der Waals surface area contributed by atoms with Gasteiger partial charge >= 0.3 is 5.97 Å². The van der Waals surface area contributed by atoms with Crippen molar-refractivity contribution in [1.82, 2.24) is 4.40 Å². The van der Waals surface area contributed by atoms with Crippen LogP contribution < -0.4 is 9.88 Å². The van der Waals surface area contributed by atoms with Gasteiger partial charge in [-0.3, -0.25) is 0 Å². The zero-order valence-electron chi connectivity index (χ0n) is 15.2. The third-order valence-electron chi connectivity index (χ3n) is 4.06. The van der Waals surface area contributed by atoms with Gasteiger partial charge in [0.15, 0.2) is 0 Å². The molecule has 1 aromatic carbocycles. The van der Waals surface area contributed by atoms with E-state index in [9.17, 15) is 13.2 Å². The summed E-state index contributed by atoms with van der Waals surface area (Å²) < 4.78 is 35.4. The first-order valence-corrected chi connectivity index (χ1v) is 10.4. The highest BCUT2D eigenvalue weighted by Crippen LogP contribution is 2.30. The number of nitrogens with zero attached hydrogens (tertiary/aromatic N) is 1. The molecular weight excluding hydrogens is 368 g/mol. The van der Waals surface area contributed by atoms with E-state index in [1.807, 2.05) is 35.7 Å². The number of hydrogen-bond donors (Lipinski definition) is 1. The van der Waals surface area contributed by atoms with Crippen molar-refractivity contribution >= 4 is 32.4 Å². The molecule has 27 heavy (non-hydrogen) atoms. The van der Waals surface area contributed by atoms with Gasteiger partial charge in [0.2, 0.25) is 10.0 Å². The second-order valence-corrected chi connectivity index (χ2v) is 8.06. The molecule has 0 aliphatic carbocycles. The summed E-state index contributed by atoms with van der Waals surface area (Å²) in [6, 6.07) is 10.8. The molecule has 0 bridgehead atoms.